The minimum atomic E-state index is -3.84. The number of nitrogens with zero attached hydrogens (tertiary/aromatic N) is 1. The molecule has 4 rings (SSSR count). The summed E-state index contributed by atoms with van der Waals surface area (Å²) in [7, 11) is -3.84. The summed E-state index contributed by atoms with van der Waals surface area (Å²) in [6, 6.07) is 12.4. The number of hydrogen-bond acceptors (Lipinski definition) is 5. The van der Waals surface area contributed by atoms with E-state index >= 15 is 0 Å². The maximum Gasteiger partial charge on any atom is 0.264 e. The molecule has 178 valence electrons. The number of piperidine rings is 1. The van der Waals surface area contributed by atoms with Gasteiger partial charge in [-0.05, 0) is 80.1 Å². The molecule has 0 radical (unpaired) electrons. The molecule has 2 heterocycles. The number of carbonyl (C=O) groups excluding carboxylic acids is 1. The van der Waals surface area contributed by atoms with Gasteiger partial charge in [0.15, 0.2) is 5.78 Å². The van der Waals surface area contributed by atoms with Crippen molar-refractivity contribution in [2.75, 3.05) is 23.9 Å². The van der Waals surface area contributed by atoms with Crippen LogP contribution in [0.1, 0.15) is 56.0 Å². The summed E-state index contributed by atoms with van der Waals surface area (Å²) in [6.07, 6.45) is 3.03. The van der Waals surface area contributed by atoms with Crippen LogP contribution in [0, 0.1) is 11.8 Å². The van der Waals surface area contributed by atoms with Crippen molar-refractivity contribution in [1.29, 1.82) is 0 Å². The molecular formula is C26H34N2O4S. The molecule has 2 aromatic carbocycles. The maximum atomic E-state index is 13.7. The Balaban J connectivity index is 1.64. The standard InChI is InChI=1S/C26H34N2O4S/c1-4-19-5-7-21(8-6-19)28(17-18(2)3)33(30,31)22-9-10-25-23(15-22)24(29)16-26(32-25)20-11-13-27-14-12-20/h5-10,15,18,20,26-27H,4,11-14,16-17H2,1-3H3. The van der Waals surface area contributed by atoms with E-state index < -0.39 is 10.0 Å². The Bertz CT molecular complexity index is 1090. The highest BCUT2D eigenvalue weighted by atomic mass is 32.2. The molecule has 2 aliphatic heterocycles. The first kappa shape index (κ1) is 23.8. The fourth-order valence-electron chi connectivity index (χ4n) is 4.67. The summed E-state index contributed by atoms with van der Waals surface area (Å²) in [4.78, 5) is 13.1. The third-order valence-electron chi connectivity index (χ3n) is 6.58. The van der Waals surface area contributed by atoms with Gasteiger partial charge in [-0.25, -0.2) is 8.42 Å². The molecule has 1 saturated heterocycles. The second-order valence-corrected chi connectivity index (χ2v) is 11.3. The first-order chi connectivity index (χ1) is 15.8. The van der Waals surface area contributed by atoms with Gasteiger partial charge in [-0.1, -0.05) is 32.9 Å². The van der Waals surface area contributed by atoms with Crippen molar-refractivity contribution in [3.8, 4) is 5.75 Å². The molecule has 6 nitrogen and oxygen atoms in total. The first-order valence-electron chi connectivity index (χ1n) is 12.0. The van der Waals surface area contributed by atoms with Gasteiger partial charge in [-0.2, -0.15) is 0 Å². The second-order valence-electron chi connectivity index (χ2n) is 9.48. The molecule has 0 bridgehead atoms. The smallest absolute Gasteiger partial charge is 0.264 e. The molecular weight excluding hydrogens is 436 g/mol. The van der Waals surface area contributed by atoms with Gasteiger partial charge in [-0.15, -0.1) is 0 Å². The molecule has 0 saturated carbocycles. The van der Waals surface area contributed by atoms with Crippen molar-refractivity contribution < 1.29 is 17.9 Å². The zero-order valence-electron chi connectivity index (χ0n) is 19.7. The molecule has 1 unspecified atom stereocenters. The molecule has 1 N–H and O–H groups in total. The van der Waals surface area contributed by atoms with E-state index in [4.69, 9.17) is 4.74 Å². The first-order valence-corrected chi connectivity index (χ1v) is 13.4. The Labute approximate surface area is 197 Å². The van der Waals surface area contributed by atoms with Crippen molar-refractivity contribution in [2.45, 2.75) is 57.5 Å². The van der Waals surface area contributed by atoms with E-state index in [-0.39, 0.29) is 22.7 Å². The number of carbonyl (C=O) groups is 1. The lowest BCUT2D eigenvalue weighted by molar-refractivity contribution is 0.0670. The van der Waals surface area contributed by atoms with E-state index in [1.54, 1.807) is 12.1 Å². The van der Waals surface area contributed by atoms with E-state index in [2.05, 4.69) is 12.2 Å². The maximum absolute atomic E-state index is 13.7. The van der Waals surface area contributed by atoms with Gasteiger partial charge in [0.25, 0.3) is 10.0 Å². The monoisotopic (exact) mass is 470 g/mol. The Hall–Kier alpha value is -2.38. The van der Waals surface area contributed by atoms with Crippen LogP contribution in [-0.2, 0) is 16.4 Å². The topological polar surface area (TPSA) is 75.7 Å². The molecule has 0 spiro atoms. The van der Waals surface area contributed by atoms with Gasteiger partial charge >= 0.3 is 0 Å². The molecule has 2 aliphatic rings. The van der Waals surface area contributed by atoms with Crippen molar-refractivity contribution in [2.24, 2.45) is 11.8 Å². The lowest BCUT2D eigenvalue weighted by Crippen LogP contribution is -2.40. The Morgan fingerprint density at radius 1 is 1.09 bits per heavy atom. The van der Waals surface area contributed by atoms with Crippen LogP contribution >= 0.6 is 0 Å². The number of Topliss-reactive ketones (excluding diaryl/α,β-unsaturated/α-hetero) is 1. The summed E-state index contributed by atoms with van der Waals surface area (Å²) in [5, 5.41) is 3.34. The molecule has 0 aliphatic carbocycles. The summed E-state index contributed by atoms with van der Waals surface area (Å²) in [5.74, 6) is 0.939. The Kier molecular flexibility index (Phi) is 7.10. The average molecular weight is 471 g/mol. The number of sulfonamides is 1. The number of fused-ring (bicyclic) bond motifs is 1. The number of hydrogen-bond donors (Lipinski definition) is 1. The van der Waals surface area contributed by atoms with Crippen LogP contribution in [0.2, 0.25) is 0 Å². The number of nitrogens with one attached hydrogen (secondary N) is 1. The zero-order chi connectivity index (χ0) is 23.6. The van der Waals surface area contributed by atoms with E-state index in [9.17, 15) is 13.2 Å². The van der Waals surface area contributed by atoms with E-state index in [1.807, 2.05) is 38.1 Å². The minimum Gasteiger partial charge on any atom is -0.489 e. The molecule has 33 heavy (non-hydrogen) atoms. The van der Waals surface area contributed by atoms with Crippen LogP contribution in [-0.4, -0.2) is 39.9 Å². The highest BCUT2D eigenvalue weighted by molar-refractivity contribution is 7.92. The van der Waals surface area contributed by atoms with Crippen molar-refractivity contribution >= 4 is 21.5 Å². The van der Waals surface area contributed by atoms with Crippen molar-refractivity contribution in [3.05, 3.63) is 53.6 Å². The van der Waals surface area contributed by atoms with Crippen LogP contribution in [0.5, 0.6) is 5.75 Å². The third kappa shape index (κ3) is 5.09. The molecule has 7 heteroatoms. The van der Waals surface area contributed by atoms with Gasteiger partial charge in [0.1, 0.15) is 11.9 Å². The number of rotatable bonds is 7. The fraction of sp³-hybridized carbons (Fsp3) is 0.500. The summed E-state index contributed by atoms with van der Waals surface area (Å²) < 4.78 is 35.0. The van der Waals surface area contributed by atoms with Crippen molar-refractivity contribution in [3.63, 3.8) is 0 Å². The Morgan fingerprint density at radius 2 is 1.79 bits per heavy atom. The average Bonchev–Trinajstić information content (AvgIpc) is 2.82. The van der Waals surface area contributed by atoms with Crippen LogP contribution in [0.3, 0.4) is 0 Å². The number of aryl methyl sites for hydroxylation is 1. The van der Waals surface area contributed by atoms with Crippen LogP contribution in [0.4, 0.5) is 5.69 Å². The van der Waals surface area contributed by atoms with Gasteiger partial charge in [0.2, 0.25) is 0 Å². The van der Waals surface area contributed by atoms with Crippen LogP contribution in [0.25, 0.3) is 0 Å². The van der Waals surface area contributed by atoms with Gasteiger partial charge in [0.05, 0.1) is 16.1 Å². The SMILES string of the molecule is CCc1ccc(N(CC(C)C)S(=O)(=O)c2ccc3c(c2)C(=O)CC(C2CCNCC2)O3)cc1. The molecule has 0 aromatic heterocycles. The van der Waals surface area contributed by atoms with Crippen LogP contribution < -0.4 is 14.4 Å². The normalized spacial score (nSPS) is 19.3. The number of ether oxygens (including phenoxy) is 1. The summed E-state index contributed by atoms with van der Waals surface area (Å²) in [6.45, 7) is 8.29. The minimum absolute atomic E-state index is 0.0421. The number of anilines is 1. The highest BCUT2D eigenvalue weighted by Gasteiger charge is 2.35. The zero-order valence-corrected chi connectivity index (χ0v) is 20.5. The third-order valence-corrected chi connectivity index (χ3v) is 8.37. The van der Waals surface area contributed by atoms with Gasteiger partial charge in [-0.3, -0.25) is 9.10 Å². The predicted molar refractivity (Wildman–Crippen MR) is 131 cm³/mol. The second kappa shape index (κ2) is 9.85. The quantitative estimate of drug-likeness (QED) is 0.648. The largest absolute Gasteiger partial charge is 0.489 e. The fourth-order valence-corrected chi connectivity index (χ4v) is 6.32. The van der Waals surface area contributed by atoms with E-state index in [1.165, 1.54) is 10.4 Å². The van der Waals surface area contributed by atoms with Crippen molar-refractivity contribution in [1.82, 2.24) is 5.32 Å². The van der Waals surface area contributed by atoms with Gasteiger partial charge in [0, 0.05) is 13.0 Å². The molecule has 1 fully saturated rings. The molecule has 1 atom stereocenters. The molecule has 0 amide bonds. The lowest BCUT2D eigenvalue weighted by atomic mass is 9.86. The molecule has 2 aromatic rings. The Morgan fingerprint density at radius 3 is 2.42 bits per heavy atom. The summed E-state index contributed by atoms with van der Waals surface area (Å²) in [5.41, 5.74) is 2.15. The van der Waals surface area contributed by atoms with E-state index in [0.29, 0.717) is 35.9 Å². The van der Waals surface area contributed by atoms with Gasteiger partial charge < -0.3 is 10.1 Å². The summed E-state index contributed by atoms with van der Waals surface area (Å²) >= 11 is 0. The number of benzene rings is 2. The predicted octanol–water partition coefficient (Wildman–Crippen LogP) is 4.43. The van der Waals surface area contributed by atoms with E-state index in [0.717, 1.165) is 37.9 Å². The number of ketones is 1. The highest BCUT2D eigenvalue weighted by Crippen LogP contribution is 2.35. The van der Waals surface area contributed by atoms with Crippen LogP contribution in [0.15, 0.2) is 47.4 Å². The lowest BCUT2D eigenvalue weighted by Gasteiger charge is -2.34.